The summed E-state index contributed by atoms with van der Waals surface area (Å²) in [5.74, 6) is 1.86. The van der Waals surface area contributed by atoms with E-state index >= 15 is 0 Å². The molecule has 38 heavy (non-hydrogen) atoms. The number of benzene rings is 2. The fourth-order valence-corrected chi connectivity index (χ4v) is 4.26. The monoisotopic (exact) mass is 528 g/mol. The molecule has 0 atom stereocenters. The van der Waals surface area contributed by atoms with Gasteiger partial charge < -0.3 is 24.0 Å². The highest BCUT2D eigenvalue weighted by atomic mass is 19.4. The summed E-state index contributed by atoms with van der Waals surface area (Å²) in [5, 5.41) is 4.08. The van der Waals surface area contributed by atoms with Gasteiger partial charge in [-0.3, -0.25) is 0 Å². The first-order valence-electron chi connectivity index (χ1n) is 12.0. The first-order valence-corrected chi connectivity index (χ1v) is 12.0. The SMILES string of the molecule is COc1ccc(CN(Cc2ccc(OC)cc2)c2nc(N3CCOCC3)nc3c(C(F)(F)F)cnn23)cc1. The van der Waals surface area contributed by atoms with Gasteiger partial charge in [0.15, 0.2) is 5.65 Å². The summed E-state index contributed by atoms with van der Waals surface area (Å²) in [6.45, 7) is 2.54. The van der Waals surface area contributed by atoms with Gasteiger partial charge in [-0.25, -0.2) is 0 Å². The number of nitrogens with zero attached hydrogens (tertiary/aromatic N) is 6. The van der Waals surface area contributed by atoms with Crippen LogP contribution in [0, 0.1) is 0 Å². The van der Waals surface area contributed by atoms with Crippen molar-refractivity contribution in [3.05, 3.63) is 71.4 Å². The zero-order chi connectivity index (χ0) is 26.7. The highest BCUT2D eigenvalue weighted by Gasteiger charge is 2.37. The van der Waals surface area contributed by atoms with Gasteiger partial charge in [-0.15, -0.1) is 0 Å². The maximum absolute atomic E-state index is 13.9. The van der Waals surface area contributed by atoms with Gasteiger partial charge in [0, 0.05) is 26.2 Å². The van der Waals surface area contributed by atoms with Crippen molar-refractivity contribution < 1.29 is 27.4 Å². The summed E-state index contributed by atoms with van der Waals surface area (Å²) >= 11 is 0. The van der Waals surface area contributed by atoms with Gasteiger partial charge in [0.1, 0.15) is 17.1 Å². The molecule has 0 aliphatic carbocycles. The van der Waals surface area contributed by atoms with E-state index in [1.165, 1.54) is 4.52 Å². The van der Waals surface area contributed by atoms with Crippen LogP contribution in [-0.4, -0.2) is 60.1 Å². The van der Waals surface area contributed by atoms with Gasteiger partial charge in [0.2, 0.25) is 11.9 Å². The molecule has 3 heterocycles. The predicted molar refractivity (Wildman–Crippen MR) is 135 cm³/mol. The normalized spacial score (nSPS) is 14.1. The lowest BCUT2D eigenvalue weighted by Crippen LogP contribution is -2.38. The number of ether oxygens (including phenoxy) is 3. The topological polar surface area (TPSA) is 77.2 Å². The Morgan fingerprint density at radius 3 is 1.92 bits per heavy atom. The third-order valence-electron chi connectivity index (χ3n) is 6.29. The van der Waals surface area contributed by atoms with Crippen molar-refractivity contribution in [3.8, 4) is 11.5 Å². The fourth-order valence-electron chi connectivity index (χ4n) is 4.26. The molecule has 0 bridgehead atoms. The smallest absolute Gasteiger partial charge is 0.421 e. The number of rotatable bonds is 8. The second-order valence-corrected chi connectivity index (χ2v) is 8.77. The van der Waals surface area contributed by atoms with Crippen molar-refractivity contribution in [2.45, 2.75) is 19.3 Å². The quantitative estimate of drug-likeness (QED) is 0.337. The summed E-state index contributed by atoms with van der Waals surface area (Å²) in [6.07, 6.45) is -3.82. The molecule has 1 saturated heterocycles. The average molecular weight is 529 g/mol. The van der Waals surface area contributed by atoms with Crippen LogP contribution in [0.15, 0.2) is 54.7 Å². The Kier molecular flexibility index (Phi) is 7.23. The van der Waals surface area contributed by atoms with E-state index in [1.807, 2.05) is 58.3 Å². The summed E-state index contributed by atoms with van der Waals surface area (Å²) in [7, 11) is 3.18. The molecule has 0 unspecified atom stereocenters. The van der Waals surface area contributed by atoms with Gasteiger partial charge in [0.05, 0.1) is 33.6 Å². The molecule has 0 spiro atoms. The van der Waals surface area contributed by atoms with Crippen LogP contribution < -0.4 is 19.3 Å². The number of anilines is 2. The Balaban J connectivity index is 1.62. The van der Waals surface area contributed by atoms with E-state index in [9.17, 15) is 13.2 Å². The number of fused-ring (bicyclic) bond motifs is 1. The van der Waals surface area contributed by atoms with E-state index in [1.54, 1.807) is 14.2 Å². The summed E-state index contributed by atoms with van der Waals surface area (Å²) in [4.78, 5) is 12.8. The minimum Gasteiger partial charge on any atom is -0.497 e. The largest absolute Gasteiger partial charge is 0.497 e. The summed E-state index contributed by atoms with van der Waals surface area (Å²) < 4.78 is 58.9. The van der Waals surface area contributed by atoms with Crippen LogP contribution in [0.25, 0.3) is 5.65 Å². The lowest BCUT2D eigenvalue weighted by molar-refractivity contribution is -0.136. The van der Waals surface area contributed by atoms with E-state index in [-0.39, 0.29) is 17.5 Å². The van der Waals surface area contributed by atoms with Crippen molar-refractivity contribution in [1.82, 2.24) is 19.6 Å². The first kappa shape index (κ1) is 25.6. The Morgan fingerprint density at radius 1 is 0.868 bits per heavy atom. The number of alkyl halides is 3. The summed E-state index contributed by atoms with van der Waals surface area (Å²) in [5.41, 5.74) is 0.632. The van der Waals surface area contributed by atoms with Crippen LogP contribution in [0.2, 0.25) is 0 Å². The molecule has 0 saturated carbocycles. The Labute approximate surface area is 217 Å². The zero-order valence-corrected chi connectivity index (χ0v) is 21.0. The number of morpholine rings is 1. The first-order chi connectivity index (χ1) is 18.4. The molecule has 9 nitrogen and oxygen atoms in total. The van der Waals surface area contributed by atoms with Gasteiger partial charge >= 0.3 is 6.18 Å². The highest BCUT2D eigenvalue weighted by molar-refractivity contribution is 5.57. The number of methoxy groups -OCH3 is 2. The van der Waals surface area contributed by atoms with Crippen molar-refractivity contribution in [2.75, 3.05) is 50.3 Å². The molecule has 0 radical (unpaired) electrons. The second kappa shape index (κ2) is 10.7. The van der Waals surface area contributed by atoms with Crippen LogP contribution >= 0.6 is 0 Å². The maximum Gasteiger partial charge on any atom is 0.421 e. The van der Waals surface area contributed by atoms with Crippen LogP contribution in [0.1, 0.15) is 16.7 Å². The molecule has 1 fully saturated rings. The lowest BCUT2D eigenvalue weighted by Gasteiger charge is -2.29. The molecule has 0 N–H and O–H groups in total. The van der Waals surface area contributed by atoms with Crippen molar-refractivity contribution in [3.63, 3.8) is 0 Å². The molecular formula is C26H27F3N6O3. The van der Waals surface area contributed by atoms with E-state index in [4.69, 9.17) is 19.2 Å². The molecule has 200 valence electrons. The minimum absolute atomic E-state index is 0.205. The Hall–Kier alpha value is -4.06. The average Bonchev–Trinajstić information content (AvgIpc) is 3.38. The molecular weight excluding hydrogens is 501 g/mol. The van der Waals surface area contributed by atoms with Gasteiger partial charge in [-0.2, -0.15) is 32.8 Å². The molecule has 2 aromatic heterocycles. The molecule has 12 heteroatoms. The van der Waals surface area contributed by atoms with E-state index < -0.39 is 11.7 Å². The molecule has 1 aliphatic rings. The molecule has 1 aliphatic heterocycles. The third kappa shape index (κ3) is 5.44. The van der Waals surface area contributed by atoms with Gasteiger partial charge in [0.25, 0.3) is 0 Å². The Bertz CT molecular complexity index is 1320. The standard InChI is InChI=1S/C26H27F3N6O3/c1-36-20-7-3-18(4-8-20)16-34(17-19-5-9-21(37-2)10-6-19)25-32-24(33-11-13-38-14-12-33)31-23-22(26(27,28)29)15-30-35(23)25/h3-10,15H,11-14,16-17H2,1-2H3. The van der Waals surface area contributed by atoms with Crippen LogP contribution in [0.4, 0.5) is 25.1 Å². The van der Waals surface area contributed by atoms with Crippen LogP contribution in [0.3, 0.4) is 0 Å². The number of halogens is 3. The summed E-state index contributed by atoms with van der Waals surface area (Å²) in [6, 6.07) is 15.0. The van der Waals surface area contributed by atoms with E-state index in [0.29, 0.717) is 50.9 Å². The molecule has 5 rings (SSSR count). The highest BCUT2D eigenvalue weighted by Crippen LogP contribution is 2.34. The van der Waals surface area contributed by atoms with Crippen LogP contribution in [-0.2, 0) is 24.0 Å². The molecule has 4 aromatic rings. The molecule has 2 aromatic carbocycles. The Morgan fingerprint density at radius 2 is 1.42 bits per heavy atom. The number of aromatic nitrogens is 4. The van der Waals surface area contributed by atoms with E-state index in [0.717, 1.165) is 17.3 Å². The molecule has 0 amide bonds. The number of hydrogen-bond donors (Lipinski definition) is 0. The van der Waals surface area contributed by atoms with Crippen molar-refractivity contribution >= 4 is 17.5 Å². The van der Waals surface area contributed by atoms with Crippen molar-refractivity contribution in [2.24, 2.45) is 0 Å². The fraction of sp³-hybridized carbons (Fsp3) is 0.346. The van der Waals surface area contributed by atoms with Crippen LogP contribution in [0.5, 0.6) is 11.5 Å². The second-order valence-electron chi connectivity index (χ2n) is 8.77. The predicted octanol–water partition coefficient (Wildman–Crippen LogP) is 4.20. The van der Waals surface area contributed by atoms with Crippen molar-refractivity contribution in [1.29, 1.82) is 0 Å². The van der Waals surface area contributed by atoms with E-state index in [2.05, 4.69) is 10.1 Å². The third-order valence-corrected chi connectivity index (χ3v) is 6.29. The number of hydrogen-bond acceptors (Lipinski definition) is 8. The minimum atomic E-state index is -4.62. The zero-order valence-electron chi connectivity index (χ0n) is 21.0. The maximum atomic E-state index is 13.9. The lowest BCUT2D eigenvalue weighted by atomic mass is 10.1. The van der Waals surface area contributed by atoms with Gasteiger partial charge in [-0.1, -0.05) is 24.3 Å². The van der Waals surface area contributed by atoms with Gasteiger partial charge in [-0.05, 0) is 35.4 Å².